The second-order valence-corrected chi connectivity index (χ2v) is 7.37. The highest BCUT2D eigenvalue weighted by Crippen LogP contribution is 2.35. The zero-order valence-electron chi connectivity index (χ0n) is 18.4. The number of carbonyl (C=O) groups is 2. The fraction of sp³-hybridized carbons (Fsp3) is 0.0741. The average Bonchev–Trinajstić information content (AvgIpc) is 3.24. The number of carbonyl (C=O) groups excluding carboxylic acids is 2. The maximum absolute atomic E-state index is 11.9. The molecule has 0 aliphatic rings. The largest absolute Gasteiger partial charge is 0.465 e. The van der Waals surface area contributed by atoms with Gasteiger partial charge < -0.3 is 9.30 Å². The maximum atomic E-state index is 11.9. The summed E-state index contributed by atoms with van der Waals surface area (Å²) in [6.07, 6.45) is 1.65. The Morgan fingerprint density at radius 1 is 0.879 bits per heavy atom. The van der Waals surface area contributed by atoms with Crippen molar-refractivity contribution in [2.45, 2.75) is 6.92 Å². The van der Waals surface area contributed by atoms with Crippen LogP contribution in [0, 0.1) is 0 Å². The van der Waals surface area contributed by atoms with Crippen LogP contribution in [0.4, 0.5) is 0 Å². The molecule has 1 amide bonds. The van der Waals surface area contributed by atoms with Gasteiger partial charge in [-0.05, 0) is 41.5 Å². The molecule has 0 atom stereocenters. The Labute approximate surface area is 192 Å². The number of nitrogens with one attached hydrogen (secondary N) is 1. The molecule has 6 nitrogen and oxygen atoms in total. The molecule has 0 unspecified atom stereocenters. The highest BCUT2D eigenvalue weighted by molar-refractivity contribution is 5.94. The lowest BCUT2D eigenvalue weighted by Crippen LogP contribution is -2.12. The van der Waals surface area contributed by atoms with Gasteiger partial charge in [0.15, 0.2) is 0 Å². The van der Waals surface area contributed by atoms with Gasteiger partial charge in [0.05, 0.1) is 30.3 Å². The van der Waals surface area contributed by atoms with Crippen molar-refractivity contribution in [1.29, 1.82) is 0 Å². The Hall–Kier alpha value is -4.45. The van der Waals surface area contributed by atoms with E-state index in [-0.39, 0.29) is 11.9 Å². The van der Waals surface area contributed by atoms with Crippen molar-refractivity contribution in [2.24, 2.45) is 5.10 Å². The van der Waals surface area contributed by atoms with Crippen LogP contribution in [0.1, 0.15) is 22.8 Å². The monoisotopic (exact) mass is 437 g/mol. The first-order valence-corrected chi connectivity index (χ1v) is 10.4. The molecule has 1 aromatic heterocycles. The van der Waals surface area contributed by atoms with Crippen molar-refractivity contribution in [2.75, 3.05) is 7.11 Å². The Balaban J connectivity index is 1.97. The third kappa shape index (κ3) is 4.75. The van der Waals surface area contributed by atoms with Gasteiger partial charge in [-0.15, -0.1) is 0 Å². The van der Waals surface area contributed by atoms with Gasteiger partial charge in [0.2, 0.25) is 5.91 Å². The molecule has 4 rings (SSSR count). The molecule has 0 bridgehead atoms. The van der Waals surface area contributed by atoms with Gasteiger partial charge in [-0.3, -0.25) is 4.79 Å². The first-order chi connectivity index (χ1) is 16.1. The Bertz CT molecular complexity index is 1290. The van der Waals surface area contributed by atoms with Gasteiger partial charge >= 0.3 is 5.97 Å². The standard InChI is InChI=1S/C27H23N3O3/c1-19(31)29-28-18-23-17-25(20-9-5-3-6-10-20)30(26(23)21-11-7-4-8-12-21)24-15-13-22(14-16-24)27(32)33-2/h3-18H,1-2H3,(H,29,31). The third-order valence-electron chi connectivity index (χ3n) is 5.12. The molecule has 0 saturated carbocycles. The van der Waals surface area contributed by atoms with Crippen LogP contribution < -0.4 is 5.43 Å². The zero-order valence-corrected chi connectivity index (χ0v) is 18.4. The molecule has 3 aromatic carbocycles. The highest BCUT2D eigenvalue weighted by Gasteiger charge is 2.19. The summed E-state index contributed by atoms with van der Waals surface area (Å²) < 4.78 is 6.96. The molecular weight excluding hydrogens is 414 g/mol. The van der Waals surface area contributed by atoms with E-state index in [1.807, 2.05) is 78.9 Å². The van der Waals surface area contributed by atoms with Crippen LogP contribution in [0.3, 0.4) is 0 Å². The highest BCUT2D eigenvalue weighted by atomic mass is 16.5. The molecule has 0 aliphatic heterocycles. The number of hydrogen-bond donors (Lipinski definition) is 1. The summed E-state index contributed by atoms with van der Waals surface area (Å²) in [5.74, 6) is -0.627. The number of nitrogens with zero attached hydrogens (tertiary/aromatic N) is 2. The Morgan fingerprint density at radius 2 is 1.48 bits per heavy atom. The van der Waals surface area contributed by atoms with Crippen molar-refractivity contribution in [3.8, 4) is 28.2 Å². The molecule has 0 spiro atoms. The van der Waals surface area contributed by atoms with E-state index in [0.717, 1.165) is 33.8 Å². The van der Waals surface area contributed by atoms with Crippen molar-refractivity contribution < 1.29 is 14.3 Å². The smallest absolute Gasteiger partial charge is 0.337 e. The van der Waals surface area contributed by atoms with Crippen LogP contribution in [0.15, 0.2) is 96.1 Å². The number of hydrogen-bond acceptors (Lipinski definition) is 4. The number of esters is 1. The van der Waals surface area contributed by atoms with Gasteiger partial charge in [0.1, 0.15) is 0 Å². The summed E-state index contributed by atoms with van der Waals surface area (Å²) in [6, 6.07) is 29.3. The first kappa shape index (κ1) is 21.8. The van der Waals surface area contributed by atoms with Crippen LogP contribution in [0.5, 0.6) is 0 Å². The summed E-state index contributed by atoms with van der Waals surface area (Å²) >= 11 is 0. The van der Waals surface area contributed by atoms with E-state index in [2.05, 4.69) is 15.1 Å². The maximum Gasteiger partial charge on any atom is 0.337 e. The first-order valence-electron chi connectivity index (χ1n) is 10.4. The predicted octanol–water partition coefficient (Wildman–Crippen LogP) is 5.07. The zero-order chi connectivity index (χ0) is 23.2. The SMILES string of the molecule is COC(=O)c1ccc(-n2c(-c3ccccc3)cc(C=NNC(C)=O)c2-c2ccccc2)cc1. The topological polar surface area (TPSA) is 72.7 Å². The lowest BCUT2D eigenvalue weighted by Gasteiger charge is -2.15. The van der Waals surface area contributed by atoms with Crippen molar-refractivity contribution in [3.63, 3.8) is 0 Å². The van der Waals surface area contributed by atoms with Crippen molar-refractivity contribution >= 4 is 18.1 Å². The van der Waals surface area contributed by atoms with Crippen molar-refractivity contribution in [3.05, 3.63) is 102 Å². The van der Waals surface area contributed by atoms with E-state index in [0.29, 0.717) is 5.56 Å². The van der Waals surface area contributed by atoms with Gasteiger partial charge in [-0.1, -0.05) is 60.7 Å². The number of hydrazone groups is 1. The minimum Gasteiger partial charge on any atom is -0.465 e. The summed E-state index contributed by atoms with van der Waals surface area (Å²) in [5.41, 5.74) is 8.53. The summed E-state index contributed by atoms with van der Waals surface area (Å²) in [7, 11) is 1.36. The molecule has 0 radical (unpaired) electrons. The van der Waals surface area contributed by atoms with Crippen LogP contribution in [-0.4, -0.2) is 29.8 Å². The molecule has 164 valence electrons. The second kappa shape index (κ2) is 9.78. The van der Waals surface area contributed by atoms with Crippen molar-refractivity contribution in [1.82, 2.24) is 9.99 Å². The lowest BCUT2D eigenvalue weighted by molar-refractivity contribution is -0.118. The molecule has 33 heavy (non-hydrogen) atoms. The number of benzene rings is 3. The molecule has 1 heterocycles. The predicted molar refractivity (Wildman–Crippen MR) is 129 cm³/mol. The normalized spacial score (nSPS) is 10.8. The molecule has 0 saturated heterocycles. The molecule has 4 aromatic rings. The number of methoxy groups -OCH3 is 1. The van der Waals surface area contributed by atoms with Gasteiger partial charge in [-0.2, -0.15) is 5.10 Å². The number of rotatable bonds is 6. The van der Waals surface area contributed by atoms with E-state index >= 15 is 0 Å². The van der Waals surface area contributed by atoms with E-state index in [1.54, 1.807) is 18.3 Å². The van der Waals surface area contributed by atoms with Crippen LogP contribution >= 0.6 is 0 Å². The summed E-state index contributed by atoms with van der Waals surface area (Å²) in [4.78, 5) is 23.3. The summed E-state index contributed by atoms with van der Waals surface area (Å²) in [5, 5.41) is 4.12. The Morgan fingerprint density at radius 3 is 2.06 bits per heavy atom. The van der Waals surface area contributed by atoms with E-state index in [9.17, 15) is 9.59 Å². The van der Waals surface area contributed by atoms with Crippen LogP contribution in [-0.2, 0) is 9.53 Å². The fourth-order valence-corrected chi connectivity index (χ4v) is 3.67. The number of amides is 1. The fourth-order valence-electron chi connectivity index (χ4n) is 3.67. The minimum atomic E-state index is -0.385. The quantitative estimate of drug-likeness (QED) is 0.260. The van der Waals surface area contributed by atoms with E-state index < -0.39 is 0 Å². The second-order valence-electron chi connectivity index (χ2n) is 7.37. The third-order valence-corrected chi connectivity index (χ3v) is 5.12. The Kier molecular flexibility index (Phi) is 6.45. The van der Waals surface area contributed by atoms with Gasteiger partial charge in [0, 0.05) is 18.2 Å². The van der Waals surface area contributed by atoms with E-state index in [1.165, 1.54) is 14.0 Å². The van der Waals surface area contributed by atoms with Crippen LogP contribution in [0.25, 0.3) is 28.2 Å². The average molecular weight is 437 g/mol. The molecule has 6 heteroatoms. The van der Waals surface area contributed by atoms with Gasteiger partial charge in [-0.25, -0.2) is 10.2 Å². The minimum absolute atomic E-state index is 0.242. The van der Waals surface area contributed by atoms with Crippen LogP contribution in [0.2, 0.25) is 0 Å². The lowest BCUT2D eigenvalue weighted by atomic mass is 10.1. The molecule has 0 fully saturated rings. The van der Waals surface area contributed by atoms with Gasteiger partial charge in [0.25, 0.3) is 0 Å². The molecular formula is C27H23N3O3. The number of aromatic nitrogens is 1. The van der Waals surface area contributed by atoms with E-state index in [4.69, 9.17) is 4.74 Å². The molecule has 1 N–H and O–H groups in total. The molecule has 0 aliphatic carbocycles. The summed E-state index contributed by atoms with van der Waals surface area (Å²) in [6.45, 7) is 1.42. The number of ether oxygens (including phenoxy) is 1.